The Balaban J connectivity index is 2.21. The van der Waals surface area contributed by atoms with Gasteiger partial charge in [0.1, 0.15) is 5.82 Å². The molecule has 0 aliphatic heterocycles. The van der Waals surface area contributed by atoms with Gasteiger partial charge in [-0.3, -0.25) is 9.59 Å². The molecule has 21 heavy (non-hydrogen) atoms. The highest BCUT2D eigenvalue weighted by Crippen LogP contribution is 2.31. The van der Waals surface area contributed by atoms with Crippen molar-refractivity contribution in [2.24, 2.45) is 11.8 Å². The summed E-state index contributed by atoms with van der Waals surface area (Å²) >= 11 is 2.97. The van der Waals surface area contributed by atoms with E-state index in [1.54, 1.807) is 12.2 Å². The van der Waals surface area contributed by atoms with Crippen LogP contribution in [-0.4, -0.2) is 17.0 Å². The molecular formula is C14H12BrF2NO3. The molecule has 0 radical (unpaired) electrons. The molecule has 0 saturated heterocycles. The number of hydrogen-bond donors (Lipinski definition) is 2. The van der Waals surface area contributed by atoms with Gasteiger partial charge in [-0.05, 0) is 34.8 Å². The van der Waals surface area contributed by atoms with Crippen LogP contribution >= 0.6 is 15.9 Å². The number of allylic oxidation sites excluding steroid dienone is 2. The van der Waals surface area contributed by atoms with Crippen LogP contribution in [0.5, 0.6) is 0 Å². The van der Waals surface area contributed by atoms with E-state index in [9.17, 15) is 18.4 Å². The van der Waals surface area contributed by atoms with E-state index in [1.165, 1.54) is 0 Å². The summed E-state index contributed by atoms with van der Waals surface area (Å²) in [5, 5.41) is 11.5. The van der Waals surface area contributed by atoms with Gasteiger partial charge in [-0.1, -0.05) is 12.2 Å². The van der Waals surface area contributed by atoms with E-state index < -0.39 is 35.3 Å². The zero-order valence-electron chi connectivity index (χ0n) is 10.8. The van der Waals surface area contributed by atoms with Gasteiger partial charge in [-0.15, -0.1) is 0 Å². The van der Waals surface area contributed by atoms with Gasteiger partial charge in [0.25, 0.3) is 0 Å². The number of nitrogens with one attached hydrogen (secondary N) is 1. The number of carbonyl (C=O) groups is 2. The molecule has 0 aromatic heterocycles. The lowest BCUT2D eigenvalue weighted by molar-refractivity contribution is -0.146. The van der Waals surface area contributed by atoms with Crippen LogP contribution in [0.2, 0.25) is 0 Å². The van der Waals surface area contributed by atoms with Gasteiger partial charge >= 0.3 is 5.97 Å². The second-order valence-electron chi connectivity index (χ2n) is 4.73. The summed E-state index contributed by atoms with van der Waals surface area (Å²) in [6, 6.07) is 1.67. The standard InChI is InChI=1S/C14H12BrF2NO3/c15-10-5-7(16)6-11(17)12(10)18-13(19)8-3-1-2-4-9(8)14(20)21/h1-2,5-6,8-9H,3-4H2,(H,18,19)(H,20,21)/t8-,9+/m1/s1. The molecule has 2 atom stereocenters. The fourth-order valence-corrected chi connectivity index (χ4v) is 2.76. The SMILES string of the molecule is O=C(O)[C@H]1CC=CC[C@H]1C(=O)Nc1c(F)cc(F)cc1Br. The summed E-state index contributed by atoms with van der Waals surface area (Å²) < 4.78 is 26.7. The molecule has 1 aliphatic carbocycles. The highest BCUT2D eigenvalue weighted by molar-refractivity contribution is 9.10. The Morgan fingerprint density at radius 1 is 1.19 bits per heavy atom. The summed E-state index contributed by atoms with van der Waals surface area (Å²) in [5.41, 5.74) is -0.194. The maximum atomic E-state index is 13.7. The first kappa shape index (κ1) is 15.6. The Hall–Kier alpha value is -1.76. The maximum absolute atomic E-state index is 13.7. The monoisotopic (exact) mass is 359 g/mol. The summed E-state index contributed by atoms with van der Waals surface area (Å²) in [6.07, 6.45) is 3.94. The summed E-state index contributed by atoms with van der Waals surface area (Å²) in [4.78, 5) is 23.3. The minimum absolute atomic E-state index is 0.0616. The zero-order valence-corrected chi connectivity index (χ0v) is 12.4. The summed E-state index contributed by atoms with van der Waals surface area (Å²) in [7, 11) is 0. The van der Waals surface area contributed by atoms with E-state index in [2.05, 4.69) is 21.2 Å². The first-order chi connectivity index (χ1) is 9.90. The molecule has 2 N–H and O–H groups in total. The summed E-state index contributed by atoms with van der Waals surface area (Å²) in [6.45, 7) is 0. The molecule has 7 heteroatoms. The van der Waals surface area contributed by atoms with Gasteiger partial charge in [0, 0.05) is 10.5 Å². The van der Waals surface area contributed by atoms with Crippen LogP contribution in [0.3, 0.4) is 0 Å². The number of carbonyl (C=O) groups excluding carboxylic acids is 1. The van der Waals surface area contributed by atoms with Gasteiger partial charge in [0.05, 0.1) is 17.5 Å². The van der Waals surface area contributed by atoms with E-state index in [1.807, 2.05) is 0 Å². The predicted molar refractivity (Wildman–Crippen MR) is 75.7 cm³/mol. The maximum Gasteiger partial charge on any atom is 0.307 e. The normalized spacial score (nSPS) is 21.1. The minimum atomic E-state index is -1.07. The number of aliphatic carboxylic acids is 1. The predicted octanol–water partition coefficient (Wildman–Crippen LogP) is 3.33. The number of carboxylic acid groups (broad SMARTS) is 1. The second-order valence-corrected chi connectivity index (χ2v) is 5.58. The van der Waals surface area contributed by atoms with Crippen LogP contribution in [0, 0.1) is 23.5 Å². The third kappa shape index (κ3) is 3.47. The Morgan fingerprint density at radius 3 is 2.38 bits per heavy atom. The number of halogens is 3. The van der Waals surface area contributed by atoms with Gasteiger partial charge < -0.3 is 10.4 Å². The van der Waals surface area contributed by atoms with E-state index in [0.29, 0.717) is 6.07 Å². The molecule has 0 fully saturated rings. The average Bonchev–Trinajstić information content (AvgIpc) is 2.42. The van der Waals surface area contributed by atoms with Crippen molar-refractivity contribution in [3.05, 3.63) is 40.4 Å². The lowest BCUT2D eigenvalue weighted by atomic mass is 9.82. The Kier molecular flexibility index (Phi) is 4.72. The summed E-state index contributed by atoms with van der Waals surface area (Å²) in [5.74, 6) is -5.01. The third-order valence-electron chi connectivity index (χ3n) is 3.34. The smallest absolute Gasteiger partial charge is 0.307 e. The highest BCUT2D eigenvalue weighted by Gasteiger charge is 2.34. The largest absolute Gasteiger partial charge is 0.481 e. The van der Waals surface area contributed by atoms with E-state index >= 15 is 0 Å². The van der Waals surface area contributed by atoms with Crippen molar-refractivity contribution in [2.45, 2.75) is 12.8 Å². The van der Waals surface area contributed by atoms with Gasteiger partial charge in [0.2, 0.25) is 5.91 Å². The van der Waals surface area contributed by atoms with Crippen LogP contribution in [0.1, 0.15) is 12.8 Å². The third-order valence-corrected chi connectivity index (χ3v) is 3.97. The molecule has 0 bridgehead atoms. The first-order valence-electron chi connectivity index (χ1n) is 6.23. The minimum Gasteiger partial charge on any atom is -0.481 e. The molecule has 1 amide bonds. The van der Waals surface area contributed by atoms with E-state index in [4.69, 9.17) is 5.11 Å². The van der Waals surface area contributed by atoms with Crippen LogP contribution in [-0.2, 0) is 9.59 Å². The molecule has 4 nitrogen and oxygen atoms in total. The first-order valence-corrected chi connectivity index (χ1v) is 7.02. The van der Waals surface area contributed by atoms with Crippen LogP contribution in [0.25, 0.3) is 0 Å². The van der Waals surface area contributed by atoms with Crippen LogP contribution in [0.15, 0.2) is 28.8 Å². The lowest BCUT2D eigenvalue weighted by Gasteiger charge is -2.24. The Labute approximate surface area is 128 Å². The Bertz CT molecular complexity index is 595. The number of hydrogen-bond acceptors (Lipinski definition) is 2. The molecule has 1 aromatic rings. The Morgan fingerprint density at radius 2 is 1.81 bits per heavy atom. The van der Waals surface area contributed by atoms with E-state index in [0.717, 1.165) is 6.07 Å². The lowest BCUT2D eigenvalue weighted by Crippen LogP contribution is -2.35. The molecule has 2 rings (SSSR count). The molecule has 0 unspecified atom stereocenters. The van der Waals surface area contributed by atoms with Gasteiger partial charge in [0.15, 0.2) is 5.82 Å². The molecule has 0 heterocycles. The van der Waals surface area contributed by atoms with Crippen LogP contribution < -0.4 is 5.32 Å². The quantitative estimate of drug-likeness (QED) is 0.813. The van der Waals surface area contributed by atoms with Crippen molar-refractivity contribution in [3.63, 3.8) is 0 Å². The van der Waals surface area contributed by atoms with Crippen molar-refractivity contribution in [1.82, 2.24) is 0 Å². The number of anilines is 1. The van der Waals surface area contributed by atoms with Crippen molar-refractivity contribution < 1.29 is 23.5 Å². The van der Waals surface area contributed by atoms with E-state index in [-0.39, 0.29) is 23.0 Å². The molecule has 0 spiro atoms. The molecule has 112 valence electrons. The molecular weight excluding hydrogens is 348 g/mol. The van der Waals surface area contributed by atoms with Crippen molar-refractivity contribution in [1.29, 1.82) is 0 Å². The fourth-order valence-electron chi connectivity index (χ4n) is 2.25. The van der Waals surface area contributed by atoms with Gasteiger partial charge in [-0.2, -0.15) is 0 Å². The van der Waals surface area contributed by atoms with Crippen molar-refractivity contribution in [2.75, 3.05) is 5.32 Å². The van der Waals surface area contributed by atoms with Crippen molar-refractivity contribution in [3.8, 4) is 0 Å². The molecule has 1 aromatic carbocycles. The van der Waals surface area contributed by atoms with Crippen LogP contribution in [0.4, 0.5) is 14.5 Å². The van der Waals surface area contributed by atoms with Crippen molar-refractivity contribution >= 4 is 33.5 Å². The second kappa shape index (κ2) is 6.34. The zero-order chi connectivity index (χ0) is 15.6. The number of rotatable bonds is 3. The topological polar surface area (TPSA) is 66.4 Å². The fraction of sp³-hybridized carbons (Fsp3) is 0.286. The number of amides is 1. The van der Waals surface area contributed by atoms with Gasteiger partial charge in [-0.25, -0.2) is 8.78 Å². The average molecular weight is 360 g/mol. The molecule has 0 saturated carbocycles. The number of benzene rings is 1. The highest BCUT2D eigenvalue weighted by atomic mass is 79.9. The molecule has 1 aliphatic rings. The number of carboxylic acids is 1.